The van der Waals surface area contributed by atoms with Crippen molar-refractivity contribution in [1.29, 1.82) is 0 Å². The van der Waals surface area contributed by atoms with Gasteiger partial charge in [-0.25, -0.2) is 4.79 Å². The Morgan fingerprint density at radius 3 is 2.52 bits per heavy atom. The average Bonchev–Trinajstić information content (AvgIpc) is 2.88. The monoisotopic (exact) mass is 303 g/mol. The minimum Gasteiger partial charge on any atom is -0.477 e. The minimum atomic E-state index is -1.14. The third-order valence-corrected chi connectivity index (χ3v) is 4.04. The normalized spacial score (nSPS) is 10.9. The Morgan fingerprint density at radius 2 is 1.95 bits per heavy atom. The predicted molar refractivity (Wildman–Crippen MR) is 79.5 cm³/mol. The standard InChI is InChI=1S/C13H9N3O4S/c14-7-3-1-2-6(4-7)9-5-8(10(21-9)13(19)20)15-16-11(17)12(16)18/h1-5,15H,14H2,(H,19,20). The molecule has 4 N–H and O–H groups in total. The molecule has 0 bridgehead atoms. The maximum Gasteiger partial charge on any atom is 0.348 e. The van der Waals surface area contributed by atoms with Crippen LogP contribution in [0.1, 0.15) is 9.67 Å². The van der Waals surface area contributed by atoms with Crippen LogP contribution in [0.5, 0.6) is 0 Å². The van der Waals surface area contributed by atoms with E-state index in [0.29, 0.717) is 10.6 Å². The number of nitrogens with one attached hydrogen (secondary N) is 1. The van der Waals surface area contributed by atoms with Crippen molar-refractivity contribution < 1.29 is 9.90 Å². The lowest BCUT2D eigenvalue weighted by molar-refractivity contribution is 0.0703. The van der Waals surface area contributed by atoms with Gasteiger partial charge >= 0.3 is 17.1 Å². The van der Waals surface area contributed by atoms with Gasteiger partial charge in [-0.3, -0.25) is 15.0 Å². The molecule has 3 rings (SSSR count). The summed E-state index contributed by atoms with van der Waals surface area (Å²) in [5.41, 5.74) is 8.34. The van der Waals surface area contributed by atoms with E-state index < -0.39 is 17.1 Å². The molecule has 7 nitrogen and oxygen atoms in total. The van der Waals surface area contributed by atoms with E-state index in [2.05, 4.69) is 5.43 Å². The van der Waals surface area contributed by atoms with E-state index in [1.165, 1.54) is 0 Å². The first kappa shape index (κ1) is 13.1. The van der Waals surface area contributed by atoms with Crippen LogP contribution < -0.4 is 22.3 Å². The fourth-order valence-corrected chi connectivity index (χ4v) is 2.77. The van der Waals surface area contributed by atoms with E-state index in [-0.39, 0.29) is 10.6 Å². The lowest BCUT2D eigenvalue weighted by Gasteiger charge is -1.99. The number of carbonyl (C=O) groups is 1. The Hall–Kier alpha value is -2.87. The summed E-state index contributed by atoms with van der Waals surface area (Å²) < 4.78 is 0.762. The first-order valence-electron chi connectivity index (χ1n) is 5.85. The maximum atomic E-state index is 11.3. The molecule has 3 aromatic rings. The molecule has 2 heterocycles. The van der Waals surface area contributed by atoms with E-state index in [0.717, 1.165) is 21.6 Å². The molecular weight excluding hydrogens is 294 g/mol. The summed E-state index contributed by atoms with van der Waals surface area (Å²) in [4.78, 5) is 33.9. The zero-order valence-electron chi connectivity index (χ0n) is 10.5. The van der Waals surface area contributed by atoms with Gasteiger partial charge in [-0.1, -0.05) is 12.1 Å². The predicted octanol–water partition coefficient (Wildman–Crippen LogP) is 0.968. The van der Waals surface area contributed by atoms with Crippen molar-refractivity contribution >= 4 is 28.7 Å². The first-order chi connectivity index (χ1) is 9.97. The smallest absolute Gasteiger partial charge is 0.348 e. The zero-order valence-corrected chi connectivity index (χ0v) is 11.3. The number of hydrogen-bond donors (Lipinski definition) is 3. The quantitative estimate of drug-likeness (QED) is 0.489. The highest BCUT2D eigenvalue weighted by Crippen LogP contribution is 2.35. The number of benzene rings is 1. The van der Waals surface area contributed by atoms with Gasteiger partial charge in [-0.2, -0.15) is 4.68 Å². The van der Waals surface area contributed by atoms with Gasteiger partial charge in [0.05, 0.1) is 5.69 Å². The number of nitrogens with two attached hydrogens (primary N) is 1. The summed E-state index contributed by atoms with van der Waals surface area (Å²) in [6, 6.07) is 8.57. The second-order valence-corrected chi connectivity index (χ2v) is 5.39. The highest BCUT2D eigenvalue weighted by atomic mass is 32.1. The van der Waals surface area contributed by atoms with Crippen LogP contribution in [0.15, 0.2) is 39.9 Å². The van der Waals surface area contributed by atoms with Gasteiger partial charge in [0.15, 0.2) is 0 Å². The largest absolute Gasteiger partial charge is 0.477 e. The fraction of sp³-hybridized carbons (Fsp3) is 0. The van der Waals surface area contributed by atoms with Gasteiger partial charge in [0.25, 0.3) is 0 Å². The second-order valence-electron chi connectivity index (χ2n) is 4.34. The molecule has 8 heteroatoms. The van der Waals surface area contributed by atoms with Crippen LogP contribution in [-0.4, -0.2) is 15.8 Å². The molecular formula is C13H9N3O4S. The third-order valence-electron chi connectivity index (χ3n) is 2.87. The van der Waals surface area contributed by atoms with E-state index >= 15 is 0 Å². The summed E-state index contributed by atoms with van der Waals surface area (Å²) in [6.45, 7) is 0. The van der Waals surface area contributed by atoms with Crippen LogP contribution in [0.4, 0.5) is 11.4 Å². The number of nitrogen functional groups attached to an aromatic ring is 1. The minimum absolute atomic E-state index is 0.0138. The van der Waals surface area contributed by atoms with E-state index in [1.807, 2.05) is 0 Å². The number of carboxylic acid groups (broad SMARTS) is 1. The number of nitrogens with zero attached hydrogens (tertiary/aromatic N) is 1. The number of hydrogen-bond acceptors (Lipinski definition) is 6. The molecule has 0 atom stereocenters. The molecule has 1 aromatic carbocycles. The number of aromatic nitrogens is 1. The van der Waals surface area contributed by atoms with Crippen molar-refractivity contribution in [2.45, 2.75) is 0 Å². The van der Waals surface area contributed by atoms with Gasteiger partial charge in [0.1, 0.15) is 4.88 Å². The van der Waals surface area contributed by atoms with Crippen molar-refractivity contribution in [1.82, 2.24) is 4.68 Å². The fourth-order valence-electron chi connectivity index (χ4n) is 1.82. The molecule has 0 amide bonds. The molecule has 2 aromatic heterocycles. The van der Waals surface area contributed by atoms with Crippen molar-refractivity contribution in [2.24, 2.45) is 0 Å². The zero-order chi connectivity index (χ0) is 15.1. The summed E-state index contributed by atoms with van der Waals surface area (Å²) in [5, 5.41) is 9.20. The molecule has 0 saturated carbocycles. The topological polar surface area (TPSA) is 114 Å². The van der Waals surface area contributed by atoms with Gasteiger partial charge in [-0.05, 0) is 23.8 Å². The SMILES string of the molecule is Nc1cccc(-c2cc(Nn3c(=O)c3=O)c(C(=O)O)s2)c1. The number of carboxylic acids is 1. The molecule has 0 fully saturated rings. The Kier molecular flexibility index (Phi) is 2.88. The molecule has 0 radical (unpaired) electrons. The van der Waals surface area contributed by atoms with Crippen molar-refractivity contribution in [3.05, 3.63) is 55.9 Å². The molecule has 0 unspecified atom stereocenters. The lowest BCUT2D eigenvalue weighted by Crippen LogP contribution is -2.09. The van der Waals surface area contributed by atoms with Crippen molar-refractivity contribution in [3.8, 4) is 10.4 Å². The lowest BCUT2D eigenvalue weighted by atomic mass is 10.1. The summed E-state index contributed by atoms with van der Waals surface area (Å²) >= 11 is 1.03. The Labute approximate surface area is 121 Å². The number of aromatic carboxylic acids is 1. The molecule has 0 aliphatic rings. The molecule has 0 saturated heterocycles. The van der Waals surface area contributed by atoms with Gasteiger partial charge in [0.2, 0.25) is 0 Å². The van der Waals surface area contributed by atoms with Crippen molar-refractivity contribution in [2.75, 3.05) is 11.2 Å². The molecule has 21 heavy (non-hydrogen) atoms. The van der Waals surface area contributed by atoms with Crippen molar-refractivity contribution in [3.63, 3.8) is 0 Å². The third kappa shape index (κ3) is 2.32. The summed E-state index contributed by atoms with van der Waals surface area (Å²) in [5.74, 6) is -1.14. The van der Waals surface area contributed by atoms with Crippen LogP contribution >= 0.6 is 11.3 Å². The second kappa shape index (κ2) is 4.60. The number of anilines is 2. The molecule has 106 valence electrons. The highest BCUT2D eigenvalue weighted by molar-refractivity contribution is 7.18. The van der Waals surface area contributed by atoms with E-state index in [4.69, 9.17) is 5.73 Å². The number of thiophene rings is 1. The molecule has 0 aliphatic carbocycles. The van der Waals surface area contributed by atoms with E-state index in [1.54, 1.807) is 30.3 Å². The average molecular weight is 303 g/mol. The van der Waals surface area contributed by atoms with Crippen LogP contribution in [0.2, 0.25) is 0 Å². The summed E-state index contributed by atoms with van der Waals surface area (Å²) in [6.07, 6.45) is 0. The Morgan fingerprint density at radius 1 is 1.24 bits per heavy atom. The van der Waals surface area contributed by atoms with Crippen LogP contribution in [0.3, 0.4) is 0 Å². The highest BCUT2D eigenvalue weighted by Gasteiger charge is 2.22. The van der Waals surface area contributed by atoms with Crippen LogP contribution in [0, 0.1) is 0 Å². The van der Waals surface area contributed by atoms with Gasteiger partial charge < -0.3 is 10.8 Å². The Bertz CT molecular complexity index is 892. The van der Waals surface area contributed by atoms with Gasteiger partial charge in [-0.15, -0.1) is 11.3 Å². The molecule has 0 aliphatic heterocycles. The number of rotatable bonds is 4. The van der Waals surface area contributed by atoms with E-state index in [9.17, 15) is 19.5 Å². The Balaban J connectivity index is 2.04. The van der Waals surface area contributed by atoms with Crippen LogP contribution in [0.25, 0.3) is 10.4 Å². The first-order valence-corrected chi connectivity index (χ1v) is 6.67. The summed E-state index contributed by atoms with van der Waals surface area (Å²) in [7, 11) is 0. The maximum absolute atomic E-state index is 11.3. The van der Waals surface area contributed by atoms with Crippen LogP contribution in [-0.2, 0) is 0 Å². The van der Waals surface area contributed by atoms with Gasteiger partial charge in [0, 0.05) is 10.6 Å². The molecule has 0 spiro atoms.